The molecule has 2 heterocycles. The lowest BCUT2D eigenvalue weighted by atomic mass is 9.86. The van der Waals surface area contributed by atoms with Crippen LogP contribution in [0.15, 0.2) is 59.5 Å². The second-order valence-corrected chi connectivity index (χ2v) is 9.30. The lowest BCUT2D eigenvalue weighted by Crippen LogP contribution is -2.57. The van der Waals surface area contributed by atoms with Crippen molar-refractivity contribution in [1.82, 2.24) is 9.62 Å². The molecule has 2 aromatic carbocycles. The molecule has 2 saturated heterocycles. The third-order valence-electron chi connectivity index (χ3n) is 5.92. The first-order valence-electron chi connectivity index (χ1n) is 9.67. The van der Waals surface area contributed by atoms with E-state index in [9.17, 15) is 13.2 Å². The molecular weight excluding hydrogens is 374 g/mol. The molecule has 1 amide bonds. The fraction of sp³-hybridized carbons (Fsp3) is 0.381. The van der Waals surface area contributed by atoms with E-state index in [-0.39, 0.29) is 5.91 Å². The Morgan fingerprint density at radius 3 is 2.25 bits per heavy atom. The Hall–Kier alpha value is -2.38. The molecule has 0 aromatic heterocycles. The second-order valence-electron chi connectivity index (χ2n) is 7.36. The number of sulfonamides is 1. The van der Waals surface area contributed by atoms with Crippen LogP contribution >= 0.6 is 0 Å². The normalized spacial score (nSPS) is 19.8. The van der Waals surface area contributed by atoms with Gasteiger partial charge >= 0.3 is 0 Å². The van der Waals surface area contributed by atoms with Crippen LogP contribution < -0.4 is 10.2 Å². The SMILES string of the molecule is CCc1ccc(S(=O)(=O)N2CCC3(CC2)C(=O)NCN3c2ccccc2)cc1. The van der Waals surface area contributed by atoms with Gasteiger partial charge in [0.25, 0.3) is 0 Å². The lowest BCUT2D eigenvalue weighted by Gasteiger charge is -2.42. The molecule has 0 radical (unpaired) electrons. The van der Waals surface area contributed by atoms with Crippen molar-refractivity contribution in [3.8, 4) is 0 Å². The fourth-order valence-corrected chi connectivity index (χ4v) is 5.62. The molecule has 1 N–H and O–H groups in total. The molecule has 2 fully saturated rings. The van der Waals surface area contributed by atoms with E-state index in [0.717, 1.165) is 17.7 Å². The molecule has 0 aliphatic carbocycles. The molecule has 2 aliphatic heterocycles. The van der Waals surface area contributed by atoms with Crippen LogP contribution in [0.4, 0.5) is 5.69 Å². The summed E-state index contributed by atoms with van der Waals surface area (Å²) in [4.78, 5) is 15.1. The smallest absolute Gasteiger partial charge is 0.247 e. The Bertz CT molecular complexity index is 950. The Labute approximate surface area is 166 Å². The van der Waals surface area contributed by atoms with E-state index >= 15 is 0 Å². The topological polar surface area (TPSA) is 69.7 Å². The minimum Gasteiger partial charge on any atom is -0.339 e. The van der Waals surface area contributed by atoms with E-state index in [1.807, 2.05) is 49.4 Å². The number of hydrogen-bond donors (Lipinski definition) is 1. The molecule has 6 nitrogen and oxygen atoms in total. The van der Waals surface area contributed by atoms with Crippen LogP contribution in [0, 0.1) is 0 Å². The van der Waals surface area contributed by atoms with Gasteiger partial charge in [-0.05, 0) is 49.1 Å². The molecule has 7 heteroatoms. The maximum Gasteiger partial charge on any atom is 0.247 e. The number of hydrogen-bond acceptors (Lipinski definition) is 4. The molecule has 148 valence electrons. The number of anilines is 1. The first kappa shape index (κ1) is 19.0. The highest BCUT2D eigenvalue weighted by Crippen LogP contribution is 2.37. The number of benzene rings is 2. The average Bonchev–Trinajstić information content (AvgIpc) is 3.04. The molecule has 28 heavy (non-hydrogen) atoms. The van der Waals surface area contributed by atoms with Gasteiger partial charge in [0.05, 0.1) is 11.6 Å². The summed E-state index contributed by atoms with van der Waals surface area (Å²) in [5, 5.41) is 2.95. The summed E-state index contributed by atoms with van der Waals surface area (Å²) in [5.41, 5.74) is 1.41. The number of para-hydroxylation sites is 1. The van der Waals surface area contributed by atoms with Gasteiger partial charge in [0.15, 0.2) is 0 Å². The predicted octanol–water partition coefficient (Wildman–Crippen LogP) is 2.37. The molecule has 4 rings (SSSR count). The second kappa shape index (κ2) is 7.22. The van der Waals surface area contributed by atoms with E-state index < -0.39 is 15.6 Å². The zero-order valence-electron chi connectivity index (χ0n) is 16.0. The highest BCUT2D eigenvalue weighted by atomic mass is 32.2. The van der Waals surface area contributed by atoms with Crippen molar-refractivity contribution in [1.29, 1.82) is 0 Å². The summed E-state index contributed by atoms with van der Waals surface area (Å²) >= 11 is 0. The van der Waals surface area contributed by atoms with Crippen LogP contribution in [0.25, 0.3) is 0 Å². The van der Waals surface area contributed by atoms with Crippen molar-refractivity contribution >= 4 is 21.6 Å². The number of piperidine rings is 1. The van der Waals surface area contributed by atoms with Crippen molar-refractivity contribution in [3.63, 3.8) is 0 Å². The maximum atomic E-state index is 13.0. The molecular formula is C21H25N3O3S. The van der Waals surface area contributed by atoms with Crippen molar-refractivity contribution in [3.05, 3.63) is 60.2 Å². The first-order chi connectivity index (χ1) is 13.5. The summed E-state index contributed by atoms with van der Waals surface area (Å²) in [6.07, 6.45) is 1.82. The molecule has 0 unspecified atom stereocenters. The molecule has 0 saturated carbocycles. The zero-order valence-corrected chi connectivity index (χ0v) is 16.8. The first-order valence-corrected chi connectivity index (χ1v) is 11.1. The summed E-state index contributed by atoms with van der Waals surface area (Å²) in [6.45, 7) is 3.15. The fourth-order valence-electron chi connectivity index (χ4n) is 4.18. The van der Waals surface area contributed by atoms with Gasteiger partial charge in [0.2, 0.25) is 15.9 Å². The summed E-state index contributed by atoms with van der Waals surface area (Å²) in [5.74, 6) is -0.0132. The van der Waals surface area contributed by atoms with Crippen LogP contribution in [0.3, 0.4) is 0 Å². The maximum absolute atomic E-state index is 13.0. The monoisotopic (exact) mass is 399 g/mol. The van der Waals surface area contributed by atoms with Gasteiger partial charge in [-0.2, -0.15) is 4.31 Å². The summed E-state index contributed by atoms with van der Waals surface area (Å²) in [7, 11) is -3.55. The quantitative estimate of drug-likeness (QED) is 0.857. The van der Waals surface area contributed by atoms with Crippen molar-refractivity contribution in [2.24, 2.45) is 0 Å². The average molecular weight is 400 g/mol. The van der Waals surface area contributed by atoms with Gasteiger partial charge in [-0.3, -0.25) is 4.79 Å². The highest BCUT2D eigenvalue weighted by molar-refractivity contribution is 7.89. The van der Waals surface area contributed by atoms with Gasteiger partial charge in [-0.1, -0.05) is 37.3 Å². The standard InChI is InChI=1S/C21H25N3O3S/c1-2-17-8-10-19(11-9-17)28(26,27)23-14-12-21(13-15-23)20(25)22-16-24(21)18-6-4-3-5-7-18/h3-11H,2,12-16H2,1H3,(H,22,25). The molecule has 0 bridgehead atoms. The lowest BCUT2D eigenvalue weighted by molar-refractivity contribution is -0.124. The molecule has 2 aromatic rings. The van der Waals surface area contributed by atoms with Gasteiger partial charge in [-0.15, -0.1) is 0 Å². The molecule has 2 aliphatic rings. The number of nitrogens with zero attached hydrogens (tertiary/aromatic N) is 2. The third-order valence-corrected chi connectivity index (χ3v) is 7.84. The van der Waals surface area contributed by atoms with Crippen molar-refractivity contribution < 1.29 is 13.2 Å². The van der Waals surface area contributed by atoms with Crippen LogP contribution in [0.1, 0.15) is 25.3 Å². The van der Waals surface area contributed by atoms with Gasteiger partial charge in [-0.25, -0.2) is 8.42 Å². The number of nitrogens with one attached hydrogen (secondary N) is 1. The van der Waals surface area contributed by atoms with Gasteiger partial charge < -0.3 is 10.2 Å². The third kappa shape index (κ3) is 3.08. The Morgan fingerprint density at radius 2 is 1.64 bits per heavy atom. The van der Waals surface area contributed by atoms with Crippen molar-refractivity contribution in [2.45, 2.75) is 36.6 Å². The number of amides is 1. The number of rotatable bonds is 4. The number of aryl methyl sites for hydroxylation is 1. The Balaban J connectivity index is 1.55. The van der Waals surface area contributed by atoms with Crippen LogP contribution in [-0.4, -0.2) is 43.9 Å². The highest BCUT2D eigenvalue weighted by Gasteiger charge is 2.51. The zero-order chi connectivity index (χ0) is 19.8. The summed E-state index contributed by atoms with van der Waals surface area (Å²) < 4.78 is 27.6. The molecule has 0 atom stereocenters. The minimum atomic E-state index is -3.55. The number of carbonyl (C=O) groups excluding carboxylic acids is 1. The van der Waals surface area contributed by atoms with Crippen LogP contribution in [0.2, 0.25) is 0 Å². The molecule has 1 spiro atoms. The van der Waals surface area contributed by atoms with E-state index in [0.29, 0.717) is 37.5 Å². The van der Waals surface area contributed by atoms with Crippen LogP contribution in [0.5, 0.6) is 0 Å². The van der Waals surface area contributed by atoms with E-state index in [2.05, 4.69) is 10.2 Å². The summed E-state index contributed by atoms with van der Waals surface area (Å²) in [6, 6.07) is 16.9. The van der Waals surface area contributed by atoms with Gasteiger partial charge in [0, 0.05) is 18.8 Å². The van der Waals surface area contributed by atoms with Crippen molar-refractivity contribution in [2.75, 3.05) is 24.7 Å². The van der Waals surface area contributed by atoms with Crippen LogP contribution in [-0.2, 0) is 21.2 Å². The minimum absolute atomic E-state index is 0.0132. The van der Waals surface area contributed by atoms with E-state index in [1.54, 1.807) is 12.1 Å². The largest absolute Gasteiger partial charge is 0.339 e. The predicted molar refractivity (Wildman–Crippen MR) is 108 cm³/mol. The van der Waals surface area contributed by atoms with E-state index in [1.165, 1.54) is 4.31 Å². The number of carbonyl (C=O) groups is 1. The van der Waals surface area contributed by atoms with Gasteiger partial charge in [0.1, 0.15) is 5.54 Å². The Morgan fingerprint density at radius 1 is 1.00 bits per heavy atom. The van der Waals surface area contributed by atoms with E-state index in [4.69, 9.17) is 0 Å². The Kier molecular flexibility index (Phi) is 4.89.